The number of ether oxygens (including phenoxy) is 1. The van der Waals surface area contributed by atoms with Crippen LogP contribution in [-0.2, 0) is 14.8 Å². The molecular formula is C7H9N5O3S. The van der Waals surface area contributed by atoms with Gasteiger partial charge in [0.2, 0.25) is 6.34 Å². The Bertz CT molecular complexity index is 496. The van der Waals surface area contributed by atoms with E-state index in [2.05, 4.69) is 14.8 Å². The van der Waals surface area contributed by atoms with E-state index < -0.39 is 10.0 Å². The first kappa shape index (κ1) is 11.1. The third kappa shape index (κ3) is 1.81. The quantitative estimate of drug-likeness (QED) is 0.422. The highest BCUT2D eigenvalue weighted by molar-refractivity contribution is 8.06. The van der Waals surface area contributed by atoms with Crippen molar-refractivity contribution in [3.8, 4) is 0 Å². The maximum Gasteiger partial charge on any atom is 0.442 e. The molecule has 16 heavy (non-hydrogen) atoms. The van der Waals surface area contributed by atoms with Crippen LogP contribution in [0, 0.1) is 0 Å². The molecule has 86 valence electrons. The second-order valence-corrected chi connectivity index (χ2v) is 4.97. The van der Waals surface area contributed by atoms with Crippen LogP contribution >= 0.6 is 0 Å². The van der Waals surface area contributed by atoms with E-state index in [9.17, 15) is 8.42 Å². The fourth-order valence-corrected chi connectivity index (χ4v) is 2.79. The molecule has 9 heteroatoms. The SMILES string of the molecule is [N-]=[N+]=C1N=CN=C1S(=O)(=O)N1CCOCC1. The number of hydrogen-bond acceptors (Lipinski definition) is 4. The number of amidine groups is 1. The lowest BCUT2D eigenvalue weighted by Gasteiger charge is -2.24. The van der Waals surface area contributed by atoms with Gasteiger partial charge in [0, 0.05) is 13.1 Å². The molecule has 0 aliphatic carbocycles. The summed E-state index contributed by atoms with van der Waals surface area (Å²) < 4.78 is 30.3. The number of aliphatic imine (C=N–C) groups is 2. The van der Waals surface area contributed by atoms with E-state index in [-0.39, 0.29) is 24.0 Å². The predicted octanol–water partition coefficient (Wildman–Crippen LogP) is -1.28. The minimum absolute atomic E-state index is 0.264. The van der Waals surface area contributed by atoms with Gasteiger partial charge in [0.1, 0.15) is 0 Å². The fourth-order valence-electron chi connectivity index (χ4n) is 1.41. The minimum Gasteiger partial charge on any atom is -0.497 e. The normalized spacial score (nSPS) is 22.0. The number of hydrogen-bond donors (Lipinski definition) is 0. The van der Waals surface area contributed by atoms with Crippen molar-refractivity contribution in [1.29, 1.82) is 0 Å². The van der Waals surface area contributed by atoms with Gasteiger partial charge in [-0.25, -0.2) is 8.42 Å². The molecule has 1 saturated heterocycles. The Kier molecular flexibility index (Phi) is 2.92. The molecule has 0 aromatic heterocycles. The second-order valence-electron chi connectivity index (χ2n) is 3.12. The van der Waals surface area contributed by atoms with Gasteiger partial charge in [0.25, 0.3) is 15.1 Å². The molecule has 0 amide bonds. The van der Waals surface area contributed by atoms with Crippen LogP contribution in [0.5, 0.6) is 0 Å². The Morgan fingerprint density at radius 1 is 1.44 bits per heavy atom. The predicted molar refractivity (Wildman–Crippen MR) is 55.9 cm³/mol. The average molecular weight is 243 g/mol. The van der Waals surface area contributed by atoms with Crippen LogP contribution < -0.4 is 0 Å². The molecule has 0 atom stereocenters. The molecule has 1 fully saturated rings. The van der Waals surface area contributed by atoms with Crippen molar-refractivity contribution in [2.24, 2.45) is 9.98 Å². The van der Waals surface area contributed by atoms with Gasteiger partial charge in [-0.3, -0.25) is 0 Å². The molecule has 2 heterocycles. The zero-order valence-electron chi connectivity index (χ0n) is 8.27. The Balaban J connectivity index is 2.29. The monoisotopic (exact) mass is 243 g/mol. The molecule has 2 rings (SSSR count). The van der Waals surface area contributed by atoms with Gasteiger partial charge in [0.15, 0.2) is 0 Å². The third-order valence-electron chi connectivity index (χ3n) is 2.20. The summed E-state index contributed by atoms with van der Waals surface area (Å²) in [6.07, 6.45) is 1.04. The van der Waals surface area contributed by atoms with Crippen LogP contribution in [0.15, 0.2) is 9.98 Å². The molecule has 0 aromatic rings. The summed E-state index contributed by atoms with van der Waals surface area (Å²) in [5, 5.41) is -0.322. The zero-order chi connectivity index (χ0) is 11.6. The maximum absolute atomic E-state index is 12.0. The highest BCUT2D eigenvalue weighted by Crippen LogP contribution is 2.10. The molecule has 2 aliphatic rings. The van der Waals surface area contributed by atoms with E-state index in [0.29, 0.717) is 13.2 Å². The lowest BCUT2D eigenvalue weighted by atomic mass is 10.5. The Labute approximate surface area is 91.9 Å². The molecule has 0 aromatic carbocycles. The smallest absolute Gasteiger partial charge is 0.442 e. The van der Waals surface area contributed by atoms with Crippen molar-refractivity contribution in [3.63, 3.8) is 0 Å². The molecular weight excluding hydrogens is 234 g/mol. The van der Waals surface area contributed by atoms with Crippen LogP contribution in [0.3, 0.4) is 0 Å². The van der Waals surface area contributed by atoms with Gasteiger partial charge >= 0.3 is 5.84 Å². The highest BCUT2D eigenvalue weighted by atomic mass is 32.2. The standard InChI is InChI=1S/C7H9N5O3S/c8-11-6-7(10-5-9-6)16(13,14)12-1-3-15-4-2-12/h5H,1-4H2. The Morgan fingerprint density at radius 2 is 2.12 bits per heavy atom. The minimum atomic E-state index is -3.74. The third-order valence-corrected chi connectivity index (χ3v) is 4.02. The molecule has 0 N–H and O–H groups in total. The molecule has 2 aliphatic heterocycles. The van der Waals surface area contributed by atoms with Gasteiger partial charge in [-0.05, 0) is 4.99 Å². The van der Waals surface area contributed by atoms with Crippen molar-refractivity contribution < 1.29 is 17.9 Å². The number of morpholine rings is 1. The van der Waals surface area contributed by atoms with Gasteiger partial charge in [-0.2, -0.15) is 9.30 Å². The number of nitrogens with zero attached hydrogens (tertiary/aromatic N) is 5. The van der Waals surface area contributed by atoms with E-state index >= 15 is 0 Å². The summed E-state index contributed by atoms with van der Waals surface area (Å²) in [6, 6.07) is 0. The summed E-state index contributed by atoms with van der Waals surface area (Å²) >= 11 is 0. The van der Waals surface area contributed by atoms with Crippen LogP contribution in [0.4, 0.5) is 0 Å². The number of sulfonamides is 1. The van der Waals surface area contributed by atoms with Gasteiger partial charge in [-0.1, -0.05) is 0 Å². The molecule has 0 bridgehead atoms. The number of rotatable bonds is 1. The molecule has 0 radical (unpaired) electrons. The van der Waals surface area contributed by atoms with Crippen LogP contribution in [0.25, 0.3) is 5.53 Å². The van der Waals surface area contributed by atoms with Crippen molar-refractivity contribution >= 4 is 27.2 Å². The van der Waals surface area contributed by atoms with Crippen LogP contribution in [-0.4, -0.2) is 61.0 Å². The van der Waals surface area contributed by atoms with E-state index in [0.717, 1.165) is 6.34 Å². The summed E-state index contributed by atoms with van der Waals surface area (Å²) in [7, 11) is -3.74. The van der Waals surface area contributed by atoms with Crippen molar-refractivity contribution in [3.05, 3.63) is 5.53 Å². The topological polar surface area (TPSA) is 108 Å². The van der Waals surface area contributed by atoms with Crippen LogP contribution in [0.1, 0.15) is 0 Å². The van der Waals surface area contributed by atoms with Crippen molar-refractivity contribution in [2.75, 3.05) is 26.3 Å². The van der Waals surface area contributed by atoms with Gasteiger partial charge in [0.05, 0.1) is 13.2 Å². The zero-order valence-corrected chi connectivity index (χ0v) is 9.09. The fraction of sp³-hybridized carbons (Fsp3) is 0.571. The maximum atomic E-state index is 12.0. The Morgan fingerprint density at radius 3 is 2.75 bits per heavy atom. The second kappa shape index (κ2) is 4.22. The molecule has 0 spiro atoms. The summed E-state index contributed by atoms with van der Waals surface area (Å²) in [5.41, 5.74) is 8.58. The molecule has 8 nitrogen and oxygen atoms in total. The van der Waals surface area contributed by atoms with E-state index in [1.54, 1.807) is 0 Å². The van der Waals surface area contributed by atoms with Crippen molar-refractivity contribution in [2.45, 2.75) is 0 Å². The summed E-state index contributed by atoms with van der Waals surface area (Å²) in [4.78, 5) is 9.91. The first-order valence-corrected chi connectivity index (χ1v) is 6.01. The van der Waals surface area contributed by atoms with E-state index in [1.807, 2.05) is 0 Å². The van der Waals surface area contributed by atoms with Gasteiger partial charge in [-0.15, -0.1) is 0 Å². The molecule has 0 saturated carbocycles. The van der Waals surface area contributed by atoms with Crippen molar-refractivity contribution in [1.82, 2.24) is 4.31 Å². The lowest BCUT2D eigenvalue weighted by molar-refractivity contribution is -0.00258. The highest BCUT2D eigenvalue weighted by Gasteiger charge is 2.39. The first-order valence-electron chi connectivity index (χ1n) is 4.57. The van der Waals surface area contributed by atoms with E-state index in [1.165, 1.54) is 4.31 Å². The van der Waals surface area contributed by atoms with E-state index in [4.69, 9.17) is 10.3 Å². The summed E-state index contributed by atoms with van der Waals surface area (Å²) in [6.45, 7) is 1.22. The largest absolute Gasteiger partial charge is 0.497 e. The Hall–Kier alpha value is -1.41. The first-order chi connectivity index (χ1) is 7.66. The van der Waals surface area contributed by atoms with Gasteiger partial charge < -0.3 is 15.1 Å². The van der Waals surface area contributed by atoms with Crippen LogP contribution in [0.2, 0.25) is 0 Å². The summed E-state index contributed by atoms with van der Waals surface area (Å²) in [5.74, 6) is -0.286. The molecule has 0 unspecified atom stereocenters. The average Bonchev–Trinajstić information content (AvgIpc) is 2.79. The lowest BCUT2D eigenvalue weighted by Crippen LogP contribution is -2.45.